The number of ether oxygens (including phenoxy) is 2. The number of likely N-dealkylation sites (N-methyl/N-ethyl adjacent to an activating group) is 1. The number of benzene rings is 1. The number of nitrogens with one attached hydrogen (secondary N) is 2. The Morgan fingerprint density at radius 3 is 2.45 bits per heavy atom. The molecule has 0 spiro atoms. The standard InChI is InChI=1S/C46H62N8O6S.4H2S/c1-10-52(30-17-18-30)45(58)51(8)40(27(3)4)42(55)49-35-23-38-48-36(25-61-38)29-16-19-37-32(22-29)33(41(53(37)11-2)31-14-12-20-47-39(31)28(5)59-9)24-46(6,7)26-60-44(57)34-15-13-21-54(50-34)43(35)56;;;;/h12,14,16,19-20,22,25,27-28,30,34-35,40,50H,10-11,13,15,17-18,21,23-24,26H2,1-9H3,(H,49,55);4*1H2/t28-,34-,35-,40-;;;;/m0..../s1. The van der Waals surface area contributed by atoms with Crippen LogP contribution >= 0.6 is 65.3 Å². The molecule has 2 aliphatic heterocycles. The maximum absolute atomic E-state index is 14.5. The summed E-state index contributed by atoms with van der Waals surface area (Å²) in [6.45, 7) is 15.9. The van der Waals surface area contributed by atoms with Crippen molar-refractivity contribution in [3.8, 4) is 22.5 Å². The number of aromatic nitrogens is 3. The Labute approximate surface area is 416 Å². The van der Waals surface area contributed by atoms with E-state index in [1.807, 2.05) is 44.0 Å². The topological polar surface area (TPSA) is 151 Å². The summed E-state index contributed by atoms with van der Waals surface area (Å²) >= 11 is 1.43. The molecule has 1 aromatic carbocycles. The highest BCUT2D eigenvalue weighted by atomic mass is 32.1. The van der Waals surface area contributed by atoms with E-state index in [-0.39, 0.29) is 97.0 Å². The summed E-state index contributed by atoms with van der Waals surface area (Å²) in [5.74, 6) is -1.48. The number of rotatable bonds is 10. The maximum atomic E-state index is 14.5. The summed E-state index contributed by atoms with van der Waals surface area (Å²) in [4.78, 5) is 69.6. The average Bonchev–Trinajstić information content (AvgIpc) is 3.90. The third-order valence-corrected chi connectivity index (χ3v) is 13.2. The molecule has 65 heavy (non-hydrogen) atoms. The highest BCUT2D eigenvalue weighted by molar-refractivity contribution is 7.59. The number of pyridine rings is 1. The number of esters is 1. The van der Waals surface area contributed by atoms with Crippen molar-refractivity contribution in [1.29, 1.82) is 0 Å². The van der Waals surface area contributed by atoms with Crippen LogP contribution in [0.15, 0.2) is 41.9 Å². The first kappa shape index (κ1) is 55.9. The van der Waals surface area contributed by atoms with Gasteiger partial charge in [0, 0.05) is 85.3 Å². The lowest BCUT2D eigenvalue weighted by molar-refractivity contribution is -0.155. The number of aryl methyl sites for hydroxylation is 1. The normalized spacial score (nSPS) is 19.3. The molecule has 1 saturated heterocycles. The molecule has 19 heteroatoms. The molecule has 5 heterocycles. The van der Waals surface area contributed by atoms with Crippen molar-refractivity contribution < 1.29 is 28.7 Å². The molecular weight excluding hydrogens is 921 g/mol. The maximum Gasteiger partial charge on any atom is 0.324 e. The zero-order valence-corrected chi connectivity index (χ0v) is 43.9. The van der Waals surface area contributed by atoms with Crippen LogP contribution in [0.5, 0.6) is 0 Å². The van der Waals surface area contributed by atoms with E-state index in [9.17, 15) is 19.2 Å². The molecule has 1 saturated carbocycles. The van der Waals surface area contributed by atoms with Gasteiger partial charge in [-0.25, -0.2) is 15.2 Å². The van der Waals surface area contributed by atoms with Gasteiger partial charge in [0.25, 0.3) is 5.91 Å². The van der Waals surface area contributed by atoms with Gasteiger partial charge in [-0.05, 0) is 88.6 Å². The number of carbonyl (C=O) groups is 4. The number of hydrogen-bond acceptors (Lipinski definition) is 10. The lowest BCUT2D eigenvalue weighted by Crippen LogP contribution is -2.62. The van der Waals surface area contributed by atoms with Crippen LogP contribution in [0.4, 0.5) is 4.79 Å². The van der Waals surface area contributed by atoms with Gasteiger partial charge < -0.3 is 29.2 Å². The number of thiazole rings is 1. The van der Waals surface area contributed by atoms with Gasteiger partial charge in [0.15, 0.2) is 0 Å². The van der Waals surface area contributed by atoms with Gasteiger partial charge in [0.05, 0.1) is 34.8 Å². The number of hydrazine groups is 1. The van der Waals surface area contributed by atoms with Crippen LogP contribution in [0, 0.1) is 11.3 Å². The Kier molecular flexibility index (Phi) is 20.2. The Morgan fingerprint density at radius 1 is 1.08 bits per heavy atom. The van der Waals surface area contributed by atoms with E-state index in [0.29, 0.717) is 43.9 Å². The minimum Gasteiger partial charge on any atom is -0.464 e. The first-order valence-electron chi connectivity index (χ1n) is 21.8. The molecule has 2 fully saturated rings. The van der Waals surface area contributed by atoms with Crippen molar-refractivity contribution in [2.45, 2.75) is 124 Å². The van der Waals surface area contributed by atoms with Crippen molar-refractivity contribution in [3.05, 3.63) is 58.2 Å². The number of hydrogen-bond donors (Lipinski definition) is 2. The molecule has 1 aliphatic carbocycles. The first-order valence-corrected chi connectivity index (χ1v) is 22.7. The molecule has 360 valence electrons. The third kappa shape index (κ3) is 12.0. The van der Waals surface area contributed by atoms with E-state index < -0.39 is 35.4 Å². The van der Waals surface area contributed by atoms with Crippen molar-refractivity contribution in [2.75, 3.05) is 33.9 Å². The summed E-state index contributed by atoms with van der Waals surface area (Å²) in [5, 5.41) is 8.23. The highest BCUT2D eigenvalue weighted by Gasteiger charge is 2.40. The number of fused-ring (bicyclic) bond motifs is 6. The van der Waals surface area contributed by atoms with Crippen LogP contribution in [-0.4, -0.2) is 111 Å². The monoisotopic (exact) mass is 990 g/mol. The van der Waals surface area contributed by atoms with Gasteiger partial charge in [0.2, 0.25) is 5.91 Å². The summed E-state index contributed by atoms with van der Waals surface area (Å²) in [5.41, 5.74) is 9.42. The van der Waals surface area contributed by atoms with Crippen LogP contribution < -0.4 is 10.7 Å². The predicted octanol–water partition coefficient (Wildman–Crippen LogP) is 7.21. The lowest BCUT2D eigenvalue weighted by Gasteiger charge is -2.37. The zero-order chi connectivity index (χ0) is 43.7. The van der Waals surface area contributed by atoms with Gasteiger partial charge in [0.1, 0.15) is 18.1 Å². The Hall–Kier alpha value is -3.46. The Balaban J connectivity index is 0.00000281. The number of methoxy groups -OCH3 is 1. The lowest BCUT2D eigenvalue weighted by atomic mass is 9.84. The fourth-order valence-corrected chi connectivity index (χ4v) is 9.85. The van der Waals surface area contributed by atoms with Crippen molar-refractivity contribution >= 4 is 100 Å². The van der Waals surface area contributed by atoms with Gasteiger partial charge in [-0.3, -0.25) is 24.4 Å². The second kappa shape index (κ2) is 23.5. The van der Waals surface area contributed by atoms with Crippen LogP contribution in [0.25, 0.3) is 33.4 Å². The van der Waals surface area contributed by atoms with E-state index in [0.717, 1.165) is 57.5 Å². The minimum atomic E-state index is -1.03. The van der Waals surface area contributed by atoms with Crippen molar-refractivity contribution in [3.63, 3.8) is 0 Å². The third-order valence-electron chi connectivity index (χ3n) is 12.3. The van der Waals surface area contributed by atoms with Gasteiger partial charge in [-0.2, -0.15) is 54.0 Å². The van der Waals surface area contributed by atoms with E-state index in [1.54, 1.807) is 20.4 Å². The van der Waals surface area contributed by atoms with Gasteiger partial charge in [-0.1, -0.05) is 33.8 Å². The molecule has 3 aromatic heterocycles. The quantitative estimate of drug-likeness (QED) is 0.157. The fourth-order valence-electron chi connectivity index (χ4n) is 9.00. The summed E-state index contributed by atoms with van der Waals surface area (Å²) in [6, 6.07) is 7.85. The number of carbonyl (C=O) groups excluding carboxylic acids is 4. The minimum absolute atomic E-state index is 0. The number of amides is 4. The smallest absolute Gasteiger partial charge is 0.324 e. The second-order valence-electron chi connectivity index (χ2n) is 17.9. The molecule has 0 radical (unpaired) electrons. The largest absolute Gasteiger partial charge is 0.464 e. The molecular formula is C46H70N8O6S5. The number of urea groups is 1. The Bertz CT molecular complexity index is 2280. The molecule has 4 aromatic rings. The van der Waals surface area contributed by atoms with Crippen LogP contribution in [0.3, 0.4) is 0 Å². The van der Waals surface area contributed by atoms with E-state index >= 15 is 0 Å². The van der Waals surface area contributed by atoms with E-state index in [4.69, 9.17) is 19.4 Å². The number of nitrogens with zero attached hydrogens (tertiary/aromatic N) is 6. The molecule has 4 atom stereocenters. The van der Waals surface area contributed by atoms with Crippen LogP contribution in [0.2, 0.25) is 0 Å². The average molecular weight is 991 g/mol. The second-order valence-corrected chi connectivity index (χ2v) is 18.8. The summed E-state index contributed by atoms with van der Waals surface area (Å²) < 4.78 is 14.2. The summed E-state index contributed by atoms with van der Waals surface area (Å²) in [7, 11) is 3.35. The Morgan fingerprint density at radius 2 is 1.80 bits per heavy atom. The van der Waals surface area contributed by atoms with E-state index in [1.165, 1.54) is 21.2 Å². The molecule has 7 rings (SSSR count). The first-order chi connectivity index (χ1) is 29.2. The van der Waals surface area contributed by atoms with Gasteiger partial charge in [-0.15, -0.1) is 11.3 Å². The molecule has 0 unspecified atom stereocenters. The van der Waals surface area contributed by atoms with Crippen LogP contribution in [0.1, 0.15) is 96.5 Å². The SMILES string of the molecule is CCN(C(=O)N(C)[C@H](C(=O)N[C@H]1Cc2nc(cs2)-c2ccc3c(c2)c(c(-c2cccnc2[C@H](C)OC)n3CC)CC(C)(C)COC(=O)[C@@H]2CCCN(N2)C1=O)C(C)C)C1CC1.S.S.S.S. The highest BCUT2D eigenvalue weighted by Crippen LogP contribution is 2.42. The van der Waals surface area contributed by atoms with Crippen molar-refractivity contribution in [2.24, 2.45) is 11.3 Å². The predicted molar refractivity (Wildman–Crippen MR) is 278 cm³/mol. The molecule has 2 N–H and O–H groups in total. The zero-order valence-electron chi connectivity index (χ0n) is 39.1. The molecule has 14 nitrogen and oxygen atoms in total. The molecule has 3 aliphatic rings. The van der Waals surface area contributed by atoms with Crippen LogP contribution in [-0.2, 0) is 43.2 Å². The fraction of sp³-hybridized carbons (Fsp3) is 0.565. The summed E-state index contributed by atoms with van der Waals surface area (Å²) in [6.07, 6.45) is 5.23. The molecule has 4 amide bonds. The van der Waals surface area contributed by atoms with Gasteiger partial charge >= 0.3 is 12.0 Å². The van der Waals surface area contributed by atoms with Crippen molar-refractivity contribution in [1.82, 2.24) is 40.1 Å². The number of cyclic esters (lactones) is 1. The molecule has 6 bridgehead atoms. The van der Waals surface area contributed by atoms with E-state index in [2.05, 4.69) is 60.3 Å².